The predicted molar refractivity (Wildman–Crippen MR) is 135 cm³/mol. The van der Waals surface area contributed by atoms with Crippen LogP contribution in [0.3, 0.4) is 0 Å². The zero-order valence-electron chi connectivity index (χ0n) is 21.8. The van der Waals surface area contributed by atoms with Gasteiger partial charge < -0.3 is 14.5 Å². The Morgan fingerprint density at radius 2 is 1.57 bits per heavy atom. The molecule has 35 heavy (non-hydrogen) atoms. The first-order valence-electron chi connectivity index (χ1n) is 13.9. The Kier molecular flexibility index (Phi) is 8.67. The van der Waals surface area contributed by atoms with Crippen molar-refractivity contribution in [2.75, 3.05) is 12.3 Å². The van der Waals surface area contributed by atoms with Crippen LogP contribution in [-0.2, 0) is 19.6 Å². The first kappa shape index (κ1) is 26.7. The second kappa shape index (κ2) is 11.4. The number of piperazine rings is 1. The summed E-state index contributed by atoms with van der Waals surface area (Å²) in [7, 11) is -3.17. The Labute approximate surface area is 211 Å². The number of hydrogen-bond acceptors (Lipinski definition) is 5. The molecular formula is C26H45N3O5S. The molecule has 0 spiro atoms. The molecule has 1 heterocycles. The van der Waals surface area contributed by atoms with Gasteiger partial charge in [0, 0.05) is 25.6 Å². The summed E-state index contributed by atoms with van der Waals surface area (Å²) in [5.74, 6) is 1.25. The van der Waals surface area contributed by atoms with Gasteiger partial charge in [-0.2, -0.15) is 0 Å². The largest absolute Gasteiger partial charge is 0.446 e. The lowest BCUT2D eigenvalue weighted by Crippen LogP contribution is -2.67. The highest BCUT2D eigenvalue weighted by atomic mass is 32.2. The van der Waals surface area contributed by atoms with E-state index in [0.717, 1.165) is 70.6 Å². The van der Waals surface area contributed by atoms with Gasteiger partial charge in [-0.1, -0.05) is 6.42 Å². The fraction of sp³-hybridized carbons (Fsp3) is 0.923. The number of sulfonamides is 1. The number of hydrogen-bond donors (Lipinski definition) is 1. The lowest BCUT2D eigenvalue weighted by atomic mass is 9.69. The molecule has 3 unspecified atom stereocenters. The maximum absolute atomic E-state index is 13.4. The molecule has 0 radical (unpaired) electrons. The highest BCUT2D eigenvalue weighted by molar-refractivity contribution is 7.89. The van der Waals surface area contributed by atoms with Crippen molar-refractivity contribution in [3.8, 4) is 0 Å². The van der Waals surface area contributed by atoms with Crippen molar-refractivity contribution >= 4 is 22.0 Å². The normalized spacial score (nSPS) is 34.8. The van der Waals surface area contributed by atoms with E-state index >= 15 is 0 Å². The SMILES string of the molecule is CCS(=O)(=O)NC1CCC(C2CCC3C(C2)N(C(=O)OC2CCCCC2)C[C@H](C)N3C(C)=O)CC1. The average molecular weight is 512 g/mol. The van der Waals surface area contributed by atoms with Crippen molar-refractivity contribution < 1.29 is 22.7 Å². The molecule has 1 aliphatic heterocycles. The Morgan fingerprint density at radius 1 is 0.914 bits per heavy atom. The molecule has 8 nitrogen and oxygen atoms in total. The summed E-state index contributed by atoms with van der Waals surface area (Å²) in [6.07, 6.45) is 11.8. The molecule has 200 valence electrons. The van der Waals surface area contributed by atoms with Crippen LogP contribution in [0.15, 0.2) is 0 Å². The molecule has 4 atom stereocenters. The van der Waals surface area contributed by atoms with Gasteiger partial charge in [-0.05, 0) is 96.3 Å². The van der Waals surface area contributed by atoms with Crippen LogP contribution in [0.1, 0.15) is 97.8 Å². The Hall–Kier alpha value is -1.35. The van der Waals surface area contributed by atoms with Crippen LogP contribution >= 0.6 is 0 Å². The van der Waals surface area contributed by atoms with Gasteiger partial charge in [0.2, 0.25) is 15.9 Å². The number of rotatable bonds is 5. The average Bonchev–Trinajstić information content (AvgIpc) is 2.84. The molecule has 3 aliphatic carbocycles. The van der Waals surface area contributed by atoms with Gasteiger partial charge in [0.15, 0.2) is 0 Å². The van der Waals surface area contributed by atoms with Gasteiger partial charge in [0.05, 0.1) is 17.8 Å². The highest BCUT2D eigenvalue weighted by Crippen LogP contribution is 2.43. The molecule has 0 bridgehead atoms. The van der Waals surface area contributed by atoms with Gasteiger partial charge in [-0.25, -0.2) is 17.9 Å². The van der Waals surface area contributed by atoms with Gasteiger partial charge in [-0.15, -0.1) is 0 Å². The molecule has 4 rings (SSSR count). The van der Waals surface area contributed by atoms with Crippen molar-refractivity contribution in [2.24, 2.45) is 11.8 Å². The summed E-state index contributed by atoms with van der Waals surface area (Å²) in [5, 5.41) is 0. The third-order valence-electron chi connectivity index (χ3n) is 9.10. The number of nitrogens with zero attached hydrogens (tertiary/aromatic N) is 2. The van der Waals surface area contributed by atoms with Crippen molar-refractivity contribution in [3.05, 3.63) is 0 Å². The van der Waals surface area contributed by atoms with Crippen LogP contribution in [0.4, 0.5) is 4.79 Å². The molecule has 0 aromatic carbocycles. The van der Waals surface area contributed by atoms with E-state index in [9.17, 15) is 18.0 Å². The zero-order chi connectivity index (χ0) is 25.2. The smallest absolute Gasteiger partial charge is 0.410 e. The Balaban J connectivity index is 1.42. The molecule has 4 aliphatic rings. The Morgan fingerprint density at radius 3 is 2.20 bits per heavy atom. The van der Waals surface area contributed by atoms with Crippen LogP contribution in [-0.4, -0.2) is 72.8 Å². The maximum atomic E-state index is 13.4. The topological polar surface area (TPSA) is 96.0 Å². The monoisotopic (exact) mass is 511 g/mol. The van der Waals surface area contributed by atoms with Crippen LogP contribution in [0.2, 0.25) is 0 Å². The third kappa shape index (κ3) is 6.32. The summed E-state index contributed by atoms with van der Waals surface area (Å²) in [5.41, 5.74) is 0. The van der Waals surface area contributed by atoms with Crippen molar-refractivity contribution in [1.29, 1.82) is 0 Å². The molecule has 4 fully saturated rings. The van der Waals surface area contributed by atoms with E-state index in [1.54, 1.807) is 13.8 Å². The van der Waals surface area contributed by atoms with E-state index in [0.29, 0.717) is 18.4 Å². The van der Waals surface area contributed by atoms with Crippen molar-refractivity contribution in [1.82, 2.24) is 14.5 Å². The van der Waals surface area contributed by atoms with Gasteiger partial charge in [0.25, 0.3) is 0 Å². The fourth-order valence-electron chi connectivity index (χ4n) is 7.28. The van der Waals surface area contributed by atoms with E-state index in [-0.39, 0.29) is 48.0 Å². The second-order valence-corrected chi connectivity index (χ2v) is 13.5. The molecule has 0 aromatic rings. The standard InChI is InChI=1S/C26H45N3O5S/c1-4-35(32,33)27-22-13-10-20(11-14-22)21-12-15-24-25(16-21)28(17-18(2)29(24)19(3)30)26(31)34-23-8-6-5-7-9-23/h18,20-25,27H,4-17H2,1-3H3/t18-,20?,21?,22?,24?,25?/m0/s1. The van der Waals surface area contributed by atoms with Crippen LogP contribution in [0, 0.1) is 11.8 Å². The lowest BCUT2D eigenvalue weighted by Gasteiger charge is -2.54. The first-order chi connectivity index (χ1) is 16.7. The van der Waals surface area contributed by atoms with E-state index in [1.165, 1.54) is 6.42 Å². The summed E-state index contributed by atoms with van der Waals surface area (Å²) in [4.78, 5) is 29.9. The van der Waals surface area contributed by atoms with Gasteiger partial charge in [-0.3, -0.25) is 4.79 Å². The van der Waals surface area contributed by atoms with E-state index in [2.05, 4.69) is 4.72 Å². The minimum absolute atomic E-state index is 0.00117. The summed E-state index contributed by atoms with van der Waals surface area (Å²) in [6, 6.07) is 0.0878. The molecule has 1 saturated heterocycles. The number of nitrogens with one attached hydrogen (secondary N) is 1. The van der Waals surface area contributed by atoms with Gasteiger partial charge in [0.1, 0.15) is 6.10 Å². The lowest BCUT2D eigenvalue weighted by molar-refractivity contribution is -0.143. The first-order valence-corrected chi connectivity index (χ1v) is 15.6. The summed E-state index contributed by atoms with van der Waals surface area (Å²) >= 11 is 0. The summed E-state index contributed by atoms with van der Waals surface area (Å²) in [6.45, 7) is 5.90. The van der Waals surface area contributed by atoms with Gasteiger partial charge >= 0.3 is 6.09 Å². The molecular weight excluding hydrogens is 466 g/mol. The molecule has 0 aromatic heterocycles. The minimum atomic E-state index is -3.17. The van der Waals surface area contributed by atoms with Crippen LogP contribution in [0.5, 0.6) is 0 Å². The molecule has 2 amide bonds. The minimum Gasteiger partial charge on any atom is -0.446 e. The Bertz CT molecular complexity index is 851. The zero-order valence-corrected chi connectivity index (χ0v) is 22.6. The highest BCUT2D eigenvalue weighted by Gasteiger charge is 2.48. The van der Waals surface area contributed by atoms with E-state index < -0.39 is 10.0 Å². The maximum Gasteiger partial charge on any atom is 0.410 e. The number of amides is 2. The van der Waals surface area contributed by atoms with E-state index in [4.69, 9.17) is 4.74 Å². The van der Waals surface area contributed by atoms with Crippen molar-refractivity contribution in [3.63, 3.8) is 0 Å². The molecule has 9 heteroatoms. The molecule has 1 N–H and O–H groups in total. The van der Waals surface area contributed by atoms with E-state index in [1.807, 2.05) is 16.7 Å². The van der Waals surface area contributed by atoms with Crippen LogP contribution in [0.25, 0.3) is 0 Å². The third-order valence-corrected chi connectivity index (χ3v) is 10.6. The fourth-order valence-corrected chi connectivity index (χ4v) is 8.19. The number of carbonyl (C=O) groups is 2. The van der Waals surface area contributed by atoms with Crippen LogP contribution < -0.4 is 4.72 Å². The number of ether oxygens (including phenoxy) is 1. The second-order valence-electron chi connectivity index (χ2n) is 11.4. The quantitative estimate of drug-likeness (QED) is 0.601. The van der Waals surface area contributed by atoms with Crippen molar-refractivity contribution in [2.45, 2.75) is 128 Å². The molecule has 3 saturated carbocycles. The predicted octanol–water partition coefficient (Wildman–Crippen LogP) is 4.04. The number of fused-ring (bicyclic) bond motifs is 1. The summed E-state index contributed by atoms with van der Waals surface area (Å²) < 4.78 is 32.8. The number of carbonyl (C=O) groups excluding carboxylic acids is 2.